The van der Waals surface area contributed by atoms with Crippen LogP contribution in [0.2, 0.25) is 0 Å². The average molecular weight is 278 g/mol. The van der Waals surface area contributed by atoms with Gasteiger partial charge in [0.2, 0.25) is 0 Å². The van der Waals surface area contributed by atoms with E-state index in [4.69, 9.17) is 4.74 Å². The SMILES string of the molecule is Cn1cc(CNc2ccc3c(c2)CCO3)c2ccccc21. The van der Waals surface area contributed by atoms with Crippen molar-refractivity contribution in [3.05, 3.63) is 59.8 Å². The Morgan fingerprint density at radius 1 is 1.19 bits per heavy atom. The lowest BCUT2D eigenvalue weighted by molar-refractivity contribution is 0.357. The zero-order valence-corrected chi connectivity index (χ0v) is 12.1. The van der Waals surface area contributed by atoms with Crippen LogP contribution in [0.5, 0.6) is 5.75 Å². The number of aromatic nitrogens is 1. The second-order valence-corrected chi connectivity index (χ2v) is 5.56. The standard InChI is InChI=1S/C18H18N2O/c1-20-12-14(16-4-2-3-5-17(16)20)11-19-15-6-7-18-13(10-15)8-9-21-18/h2-7,10,12,19H,8-9,11H2,1H3. The van der Waals surface area contributed by atoms with Crippen LogP contribution in [0.3, 0.4) is 0 Å². The number of fused-ring (bicyclic) bond motifs is 2. The van der Waals surface area contributed by atoms with Crippen molar-refractivity contribution in [1.82, 2.24) is 4.57 Å². The number of hydrogen-bond donors (Lipinski definition) is 1. The molecule has 0 radical (unpaired) electrons. The molecular formula is C18H18N2O. The molecule has 0 unspecified atom stereocenters. The van der Waals surface area contributed by atoms with Gasteiger partial charge >= 0.3 is 0 Å². The molecule has 1 aromatic heterocycles. The Bertz CT molecular complexity index is 804. The fourth-order valence-electron chi connectivity index (χ4n) is 3.06. The molecular weight excluding hydrogens is 260 g/mol. The number of para-hydroxylation sites is 1. The molecule has 106 valence electrons. The lowest BCUT2D eigenvalue weighted by Crippen LogP contribution is -1.99. The topological polar surface area (TPSA) is 26.2 Å². The Labute approximate surface area is 124 Å². The van der Waals surface area contributed by atoms with Crippen LogP contribution in [0.4, 0.5) is 5.69 Å². The molecule has 0 amide bonds. The van der Waals surface area contributed by atoms with Crippen molar-refractivity contribution < 1.29 is 4.74 Å². The van der Waals surface area contributed by atoms with Gasteiger partial charge in [-0.05, 0) is 35.4 Å². The van der Waals surface area contributed by atoms with E-state index in [1.165, 1.54) is 22.0 Å². The summed E-state index contributed by atoms with van der Waals surface area (Å²) in [6.07, 6.45) is 3.22. The van der Waals surface area contributed by atoms with Crippen molar-refractivity contribution in [2.24, 2.45) is 7.05 Å². The molecule has 4 rings (SSSR count). The highest BCUT2D eigenvalue weighted by molar-refractivity contribution is 5.84. The van der Waals surface area contributed by atoms with Crippen LogP contribution in [0.25, 0.3) is 10.9 Å². The van der Waals surface area contributed by atoms with E-state index in [0.29, 0.717) is 0 Å². The third kappa shape index (κ3) is 2.15. The Balaban J connectivity index is 1.58. The molecule has 3 aromatic rings. The van der Waals surface area contributed by atoms with Crippen molar-refractivity contribution in [2.75, 3.05) is 11.9 Å². The minimum atomic E-state index is 0.808. The molecule has 3 heteroatoms. The summed E-state index contributed by atoms with van der Waals surface area (Å²) in [6.45, 7) is 1.64. The highest BCUT2D eigenvalue weighted by Gasteiger charge is 2.12. The molecule has 0 fully saturated rings. The molecule has 0 spiro atoms. The van der Waals surface area contributed by atoms with Crippen molar-refractivity contribution in [3.63, 3.8) is 0 Å². The molecule has 1 N–H and O–H groups in total. The first-order valence-corrected chi connectivity index (χ1v) is 7.34. The maximum atomic E-state index is 5.55. The smallest absolute Gasteiger partial charge is 0.122 e. The Morgan fingerprint density at radius 3 is 3.05 bits per heavy atom. The van der Waals surface area contributed by atoms with Crippen LogP contribution < -0.4 is 10.1 Å². The van der Waals surface area contributed by atoms with Crippen LogP contribution in [0.1, 0.15) is 11.1 Å². The fraction of sp³-hybridized carbons (Fsp3) is 0.222. The summed E-state index contributed by atoms with van der Waals surface area (Å²) in [4.78, 5) is 0. The molecule has 2 heterocycles. The second-order valence-electron chi connectivity index (χ2n) is 5.56. The normalized spacial score (nSPS) is 13.2. The maximum Gasteiger partial charge on any atom is 0.122 e. The molecule has 0 saturated heterocycles. The summed E-state index contributed by atoms with van der Waals surface area (Å²) in [5.41, 5.74) is 5.06. The first kappa shape index (κ1) is 12.3. The maximum absolute atomic E-state index is 5.55. The van der Waals surface area contributed by atoms with Gasteiger partial charge in [0.15, 0.2) is 0 Å². The number of hydrogen-bond acceptors (Lipinski definition) is 2. The van der Waals surface area contributed by atoms with Crippen molar-refractivity contribution >= 4 is 16.6 Å². The van der Waals surface area contributed by atoms with Gasteiger partial charge in [0, 0.05) is 42.8 Å². The Hall–Kier alpha value is -2.42. The lowest BCUT2D eigenvalue weighted by Gasteiger charge is -2.07. The summed E-state index contributed by atoms with van der Waals surface area (Å²) in [7, 11) is 2.10. The third-order valence-electron chi connectivity index (χ3n) is 4.15. The quantitative estimate of drug-likeness (QED) is 0.790. The molecule has 1 aliphatic heterocycles. The number of anilines is 1. The van der Waals surface area contributed by atoms with Gasteiger partial charge in [0.25, 0.3) is 0 Å². The number of nitrogens with one attached hydrogen (secondary N) is 1. The van der Waals surface area contributed by atoms with Gasteiger partial charge in [-0.25, -0.2) is 0 Å². The van der Waals surface area contributed by atoms with Crippen LogP contribution in [0, 0.1) is 0 Å². The monoisotopic (exact) mass is 278 g/mol. The van der Waals surface area contributed by atoms with Gasteiger partial charge in [-0.15, -0.1) is 0 Å². The predicted octanol–water partition coefficient (Wildman–Crippen LogP) is 3.73. The van der Waals surface area contributed by atoms with Crippen molar-refractivity contribution in [3.8, 4) is 5.75 Å². The van der Waals surface area contributed by atoms with Crippen LogP contribution in [-0.2, 0) is 20.0 Å². The van der Waals surface area contributed by atoms with Gasteiger partial charge in [-0.1, -0.05) is 18.2 Å². The van der Waals surface area contributed by atoms with Gasteiger partial charge in [-0.3, -0.25) is 0 Å². The molecule has 21 heavy (non-hydrogen) atoms. The third-order valence-corrected chi connectivity index (χ3v) is 4.15. The summed E-state index contributed by atoms with van der Waals surface area (Å²) >= 11 is 0. The number of benzene rings is 2. The van der Waals surface area contributed by atoms with E-state index in [9.17, 15) is 0 Å². The lowest BCUT2D eigenvalue weighted by atomic mass is 10.1. The van der Waals surface area contributed by atoms with E-state index in [1.807, 2.05) is 0 Å². The minimum Gasteiger partial charge on any atom is -0.493 e. The average Bonchev–Trinajstić information content (AvgIpc) is 3.10. The van der Waals surface area contributed by atoms with E-state index in [-0.39, 0.29) is 0 Å². The molecule has 2 aromatic carbocycles. The summed E-state index contributed by atoms with van der Waals surface area (Å²) in [5.74, 6) is 1.03. The summed E-state index contributed by atoms with van der Waals surface area (Å²) < 4.78 is 7.73. The van der Waals surface area contributed by atoms with E-state index >= 15 is 0 Å². The van der Waals surface area contributed by atoms with E-state index in [0.717, 1.165) is 31.0 Å². The highest BCUT2D eigenvalue weighted by atomic mass is 16.5. The van der Waals surface area contributed by atoms with Crippen molar-refractivity contribution in [1.29, 1.82) is 0 Å². The first-order valence-electron chi connectivity index (χ1n) is 7.34. The molecule has 0 saturated carbocycles. The summed E-state index contributed by atoms with van der Waals surface area (Å²) in [5, 5.41) is 4.84. The van der Waals surface area contributed by atoms with E-state index in [1.54, 1.807) is 0 Å². The van der Waals surface area contributed by atoms with Gasteiger partial charge in [0.1, 0.15) is 5.75 Å². The minimum absolute atomic E-state index is 0.808. The predicted molar refractivity (Wildman–Crippen MR) is 85.9 cm³/mol. The molecule has 1 aliphatic rings. The molecule has 0 atom stereocenters. The molecule has 3 nitrogen and oxygen atoms in total. The second kappa shape index (κ2) is 4.85. The Morgan fingerprint density at radius 2 is 2.10 bits per heavy atom. The number of ether oxygens (including phenoxy) is 1. The fourth-order valence-corrected chi connectivity index (χ4v) is 3.06. The van der Waals surface area contributed by atoms with Crippen LogP contribution in [0.15, 0.2) is 48.7 Å². The van der Waals surface area contributed by atoms with E-state index in [2.05, 4.69) is 65.6 Å². The van der Waals surface area contributed by atoms with Crippen molar-refractivity contribution in [2.45, 2.75) is 13.0 Å². The first-order chi connectivity index (χ1) is 10.3. The largest absolute Gasteiger partial charge is 0.493 e. The van der Waals surface area contributed by atoms with Gasteiger partial charge < -0.3 is 14.6 Å². The van der Waals surface area contributed by atoms with Gasteiger partial charge in [0.05, 0.1) is 6.61 Å². The Kier molecular flexibility index (Phi) is 2.85. The number of aryl methyl sites for hydroxylation is 1. The van der Waals surface area contributed by atoms with Crippen LogP contribution in [-0.4, -0.2) is 11.2 Å². The molecule has 0 bridgehead atoms. The zero-order valence-electron chi connectivity index (χ0n) is 12.1. The van der Waals surface area contributed by atoms with Gasteiger partial charge in [-0.2, -0.15) is 0 Å². The molecule has 0 aliphatic carbocycles. The van der Waals surface area contributed by atoms with E-state index < -0.39 is 0 Å². The summed E-state index contributed by atoms with van der Waals surface area (Å²) in [6, 6.07) is 14.9. The highest BCUT2D eigenvalue weighted by Crippen LogP contribution is 2.28. The zero-order chi connectivity index (χ0) is 14.2. The van der Waals surface area contributed by atoms with Crippen LogP contribution >= 0.6 is 0 Å². The number of rotatable bonds is 3. The number of nitrogens with zero attached hydrogens (tertiary/aromatic N) is 1.